The second-order valence-electron chi connectivity index (χ2n) is 12.3. The van der Waals surface area contributed by atoms with E-state index in [4.69, 9.17) is 14.2 Å². The van der Waals surface area contributed by atoms with Crippen LogP contribution in [0.15, 0.2) is 24.3 Å². The van der Waals surface area contributed by atoms with Crippen molar-refractivity contribution in [3.05, 3.63) is 57.6 Å². The molecular formula is C34H46I4O3. The van der Waals surface area contributed by atoms with Crippen LogP contribution in [0.25, 0.3) is 0 Å². The Labute approximate surface area is 303 Å². The first kappa shape index (κ1) is 34.8. The predicted octanol–water partition coefficient (Wildman–Crippen LogP) is 11.8. The predicted molar refractivity (Wildman–Crippen MR) is 207 cm³/mol. The molecule has 4 rings (SSSR count). The van der Waals surface area contributed by atoms with Gasteiger partial charge in [-0.2, -0.15) is 0 Å². The topological polar surface area (TPSA) is 27.7 Å². The van der Waals surface area contributed by atoms with Gasteiger partial charge in [-0.25, -0.2) is 0 Å². The third-order valence-corrected chi connectivity index (χ3v) is 11.2. The van der Waals surface area contributed by atoms with Gasteiger partial charge in [-0.05, 0) is 127 Å². The van der Waals surface area contributed by atoms with Gasteiger partial charge in [-0.15, -0.1) is 0 Å². The van der Waals surface area contributed by atoms with Gasteiger partial charge in [0.15, 0.2) is 0 Å². The van der Waals surface area contributed by atoms with E-state index in [1.807, 2.05) is 0 Å². The van der Waals surface area contributed by atoms with E-state index in [1.54, 1.807) is 0 Å². The molecule has 4 atom stereocenters. The van der Waals surface area contributed by atoms with Crippen LogP contribution in [0.5, 0.6) is 11.5 Å². The monoisotopic (exact) mass is 1010 g/mol. The third kappa shape index (κ3) is 9.01. The largest absolute Gasteiger partial charge is 0.459 e. The van der Waals surface area contributed by atoms with E-state index in [2.05, 4.69) is 142 Å². The zero-order valence-electron chi connectivity index (χ0n) is 25.0. The molecule has 2 bridgehead atoms. The fraction of sp³-hybridized carbons (Fsp3) is 0.647. The quantitative estimate of drug-likeness (QED) is 0.124. The Hall–Kier alpha value is 0.920. The van der Waals surface area contributed by atoms with Gasteiger partial charge in [0.05, 0.1) is 11.1 Å². The average Bonchev–Trinajstić information content (AvgIpc) is 2.94. The van der Waals surface area contributed by atoms with Crippen molar-refractivity contribution >= 4 is 90.4 Å². The van der Waals surface area contributed by atoms with Crippen molar-refractivity contribution in [1.29, 1.82) is 0 Å². The molecule has 0 aliphatic carbocycles. The summed E-state index contributed by atoms with van der Waals surface area (Å²) in [5.41, 5.74) is 7.48. The van der Waals surface area contributed by atoms with Crippen LogP contribution in [0, 0.1) is 11.8 Å². The van der Waals surface area contributed by atoms with Crippen molar-refractivity contribution in [3.63, 3.8) is 0 Å². The molecule has 0 saturated heterocycles. The molecular weight excluding hydrogens is 964 g/mol. The molecule has 0 aromatic heterocycles. The van der Waals surface area contributed by atoms with Gasteiger partial charge in [0.1, 0.15) is 11.5 Å². The van der Waals surface area contributed by atoms with Crippen LogP contribution in [0.3, 0.4) is 0 Å². The highest BCUT2D eigenvalue weighted by Gasteiger charge is 2.41. The lowest BCUT2D eigenvalue weighted by molar-refractivity contribution is -0.228. The maximum atomic E-state index is 6.79. The first-order chi connectivity index (χ1) is 19.8. The number of benzene rings is 2. The van der Waals surface area contributed by atoms with Crippen molar-refractivity contribution in [2.75, 3.05) is 17.7 Å². The molecule has 4 unspecified atom stereocenters. The highest BCUT2D eigenvalue weighted by molar-refractivity contribution is 14.1. The molecule has 0 N–H and O–H groups in total. The average molecular weight is 1010 g/mol. The maximum Gasteiger partial charge on any atom is 0.233 e. The van der Waals surface area contributed by atoms with Crippen LogP contribution in [0.2, 0.25) is 0 Å². The van der Waals surface area contributed by atoms with E-state index >= 15 is 0 Å². The fourth-order valence-electron chi connectivity index (χ4n) is 6.25. The van der Waals surface area contributed by atoms with Crippen LogP contribution in [-0.2, 0) is 17.6 Å². The summed E-state index contributed by atoms with van der Waals surface area (Å²) in [7, 11) is 0. The number of fused-ring (bicyclic) bond motifs is 6. The summed E-state index contributed by atoms with van der Waals surface area (Å²) in [5, 5.41) is 0. The molecule has 0 radical (unpaired) electrons. The minimum absolute atomic E-state index is 0.365. The van der Waals surface area contributed by atoms with Crippen molar-refractivity contribution < 1.29 is 14.2 Å². The van der Waals surface area contributed by atoms with Gasteiger partial charge in [0.2, 0.25) is 12.6 Å². The second-order valence-corrected chi connectivity index (χ2v) is 16.6. The summed E-state index contributed by atoms with van der Waals surface area (Å²) in [4.78, 5) is 0. The van der Waals surface area contributed by atoms with E-state index in [0.29, 0.717) is 23.7 Å². The molecule has 2 aromatic carbocycles. The van der Waals surface area contributed by atoms with E-state index in [1.165, 1.54) is 78.5 Å². The molecule has 0 saturated carbocycles. The van der Waals surface area contributed by atoms with E-state index in [-0.39, 0.29) is 0 Å². The highest BCUT2D eigenvalue weighted by Crippen LogP contribution is 2.52. The van der Waals surface area contributed by atoms with Gasteiger partial charge >= 0.3 is 0 Å². The lowest BCUT2D eigenvalue weighted by Crippen LogP contribution is -2.32. The van der Waals surface area contributed by atoms with Gasteiger partial charge in [-0.1, -0.05) is 130 Å². The van der Waals surface area contributed by atoms with Gasteiger partial charge < -0.3 is 9.47 Å². The Morgan fingerprint density at radius 1 is 0.585 bits per heavy atom. The molecule has 3 nitrogen and oxygen atoms in total. The second kappa shape index (κ2) is 17.0. The summed E-state index contributed by atoms with van der Waals surface area (Å²) in [6, 6.07) is 9.46. The van der Waals surface area contributed by atoms with E-state index in [9.17, 15) is 0 Å². The first-order valence-electron chi connectivity index (χ1n) is 15.4. The molecule has 2 heterocycles. The maximum absolute atomic E-state index is 6.79. The molecule has 228 valence electrons. The Kier molecular flexibility index (Phi) is 14.4. The van der Waals surface area contributed by atoms with Crippen LogP contribution < -0.4 is 9.47 Å². The number of ether oxygens (including phenoxy) is 3. The lowest BCUT2D eigenvalue weighted by atomic mass is 9.87. The van der Waals surface area contributed by atoms with Crippen LogP contribution in [0.1, 0.15) is 124 Å². The van der Waals surface area contributed by atoms with Gasteiger partial charge in [0.25, 0.3) is 0 Å². The Balaban J connectivity index is 1.68. The molecule has 2 aliphatic heterocycles. The minimum Gasteiger partial charge on any atom is -0.459 e. The van der Waals surface area contributed by atoms with Crippen molar-refractivity contribution in [1.82, 2.24) is 0 Å². The van der Waals surface area contributed by atoms with Gasteiger partial charge in [0, 0.05) is 0 Å². The normalized spacial score (nSPS) is 19.0. The number of rotatable bonds is 16. The number of hydrogen-bond donors (Lipinski definition) is 0. The SMILES string of the molecule is CC(C)c1cc(CC(CCI)CCCI)cc2c1OC1OC2Oc2c(C(C)C)cc(CC(CCI)CCCI)cc21. The van der Waals surface area contributed by atoms with E-state index in [0.717, 1.165) is 35.5 Å². The number of halogens is 4. The molecule has 7 heteroatoms. The summed E-state index contributed by atoms with van der Waals surface area (Å²) < 4.78 is 25.0. The summed E-state index contributed by atoms with van der Waals surface area (Å²) in [6.45, 7) is 9.11. The zero-order chi connectivity index (χ0) is 29.5. The van der Waals surface area contributed by atoms with Crippen molar-refractivity contribution in [3.8, 4) is 11.5 Å². The molecule has 0 spiro atoms. The summed E-state index contributed by atoms with van der Waals surface area (Å²) in [5.74, 6) is 4.12. The number of alkyl halides is 4. The Morgan fingerprint density at radius 2 is 1.00 bits per heavy atom. The third-order valence-electron chi connectivity index (χ3n) is 8.44. The standard InChI is InChI=1S/C34H46I4O3/c1-21(2)27-17-25(15-23(9-13-37)7-5-11-35)19-29-31(27)39-34-30-20-26(16-24(10-14-38)8-6-12-36)18-28(22(3)4)32(30)40-33(29)41-34/h17-24,33-34H,5-16H2,1-4H3. The molecule has 2 aromatic rings. The number of hydrogen-bond acceptors (Lipinski definition) is 3. The fourth-order valence-corrected chi connectivity index (χ4v) is 8.90. The summed E-state index contributed by atoms with van der Waals surface area (Å²) >= 11 is 10.1. The summed E-state index contributed by atoms with van der Waals surface area (Å²) in [6.07, 6.45) is 9.06. The zero-order valence-corrected chi connectivity index (χ0v) is 33.6. The smallest absolute Gasteiger partial charge is 0.233 e. The molecule has 0 fully saturated rings. The minimum atomic E-state index is -0.426. The van der Waals surface area contributed by atoms with Crippen LogP contribution in [-0.4, -0.2) is 17.7 Å². The van der Waals surface area contributed by atoms with Crippen molar-refractivity contribution in [2.45, 2.75) is 103 Å². The molecule has 41 heavy (non-hydrogen) atoms. The lowest BCUT2D eigenvalue weighted by Gasteiger charge is -2.40. The Bertz CT molecular complexity index is 1050. The molecule has 0 amide bonds. The van der Waals surface area contributed by atoms with Crippen LogP contribution in [0.4, 0.5) is 0 Å². The molecule has 2 aliphatic rings. The highest BCUT2D eigenvalue weighted by atomic mass is 127. The Morgan fingerprint density at radius 3 is 1.34 bits per heavy atom. The van der Waals surface area contributed by atoms with E-state index < -0.39 is 12.6 Å². The van der Waals surface area contributed by atoms with Crippen LogP contribution >= 0.6 is 90.4 Å². The first-order valence-corrected chi connectivity index (χ1v) is 21.5. The van der Waals surface area contributed by atoms with Gasteiger partial charge in [-0.3, -0.25) is 4.74 Å². The van der Waals surface area contributed by atoms with Crippen molar-refractivity contribution in [2.24, 2.45) is 11.8 Å².